The molecule has 0 fully saturated rings. The third-order valence-corrected chi connectivity index (χ3v) is 8.42. The molecule has 0 saturated heterocycles. The second-order valence-electron chi connectivity index (χ2n) is 8.18. The normalized spacial score (nSPS) is 12.8. The second-order valence-corrected chi connectivity index (χ2v) is 12.1. The van der Waals surface area contributed by atoms with E-state index in [2.05, 4.69) is 13.8 Å². The minimum absolute atomic E-state index is 0.0403. The Hall–Kier alpha value is -2.84. The fourth-order valence-corrected chi connectivity index (χ4v) is 5.43. The largest absolute Gasteiger partial charge is 0.492 e. The van der Waals surface area contributed by atoms with Crippen molar-refractivity contribution < 1.29 is 26.3 Å². The summed E-state index contributed by atoms with van der Waals surface area (Å²) in [5.74, 6) is 1.33. The molecule has 0 N–H and O–H groups in total. The maximum atomic E-state index is 13.0. The van der Waals surface area contributed by atoms with Crippen molar-refractivity contribution in [2.24, 2.45) is 0 Å². The maximum absolute atomic E-state index is 13.0. The molecule has 0 radical (unpaired) electrons. The summed E-state index contributed by atoms with van der Waals surface area (Å²) in [5.41, 5.74) is 1.10. The minimum Gasteiger partial charge on any atom is -0.492 e. The van der Waals surface area contributed by atoms with Crippen LogP contribution in [0.25, 0.3) is 0 Å². The van der Waals surface area contributed by atoms with Crippen molar-refractivity contribution in [3.05, 3.63) is 72.3 Å². The second kappa shape index (κ2) is 10.6. The molecule has 8 heteroatoms. The molecule has 0 aliphatic rings. The summed E-state index contributed by atoms with van der Waals surface area (Å²) in [7, 11) is -7.20. The van der Waals surface area contributed by atoms with Gasteiger partial charge in [0.2, 0.25) is 9.84 Å². The van der Waals surface area contributed by atoms with E-state index < -0.39 is 19.7 Å². The lowest BCUT2D eigenvalue weighted by Crippen LogP contribution is -2.04. The zero-order chi connectivity index (χ0) is 24.9. The highest BCUT2D eigenvalue weighted by Crippen LogP contribution is 2.32. The number of hydrogen-bond donors (Lipinski definition) is 0. The fourth-order valence-electron chi connectivity index (χ4n) is 3.34. The predicted octanol–water partition coefficient (Wildman–Crippen LogP) is 6.02. The van der Waals surface area contributed by atoms with Crippen LogP contribution in [0.2, 0.25) is 0 Å². The molecule has 1 unspecified atom stereocenters. The Labute approximate surface area is 202 Å². The Morgan fingerprint density at radius 2 is 1.35 bits per heavy atom. The molecule has 0 bridgehead atoms. The Kier molecular flexibility index (Phi) is 8.05. The standard InChI is InChI=1S/C26H30O6S2/c1-5-17-31-25-16-11-22(18-26(25)33(4,27)28)32-21-9-14-24(15-10-21)34(29,30)23-12-7-20(8-13-23)19(3)6-2/h7-16,18-19H,5-6,17H2,1-4H3. The molecule has 182 valence electrons. The lowest BCUT2D eigenvalue weighted by molar-refractivity contribution is 0.308. The molecule has 0 heterocycles. The van der Waals surface area contributed by atoms with Gasteiger partial charge < -0.3 is 9.47 Å². The Balaban J connectivity index is 1.82. The summed E-state index contributed by atoms with van der Waals surface area (Å²) in [5, 5.41) is 0. The number of sulfone groups is 2. The molecule has 0 saturated carbocycles. The molecule has 3 aromatic rings. The lowest BCUT2D eigenvalue weighted by atomic mass is 9.99. The molecule has 0 amide bonds. The Morgan fingerprint density at radius 1 is 0.794 bits per heavy atom. The summed E-state index contributed by atoms with van der Waals surface area (Å²) in [6, 6.07) is 17.6. The molecule has 3 aromatic carbocycles. The average molecular weight is 503 g/mol. The minimum atomic E-state index is -3.67. The van der Waals surface area contributed by atoms with Gasteiger partial charge in [-0.2, -0.15) is 0 Å². The fraction of sp³-hybridized carbons (Fsp3) is 0.308. The van der Waals surface area contributed by atoms with Crippen molar-refractivity contribution in [1.82, 2.24) is 0 Å². The Bertz CT molecular complexity index is 1330. The zero-order valence-corrected chi connectivity index (χ0v) is 21.4. The molecule has 0 aromatic heterocycles. The number of ether oxygens (including phenoxy) is 2. The first-order valence-corrected chi connectivity index (χ1v) is 14.5. The van der Waals surface area contributed by atoms with Gasteiger partial charge in [-0.1, -0.05) is 32.9 Å². The monoisotopic (exact) mass is 502 g/mol. The number of rotatable bonds is 10. The molecule has 0 aliphatic heterocycles. The van der Waals surface area contributed by atoms with Gasteiger partial charge in [0.1, 0.15) is 22.1 Å². The average Bonchev–Trinajstić information content (AvgIpc) is 2.82. The van der Waals surface area contributed by atoms with Crippen molar-refractivity contribution in [3.63, 3.8) is 0 Å². The number of hydrogen-bond acceptors (Lipinski definition) is 6. The van der Waals surface area contributed by atoms with E-state index in [9.17, 15) is 16.8 Å². The van der Waals surface area contributed by atoms with Crippen LogP contribution in [0.1, 0.15) is 45.1 Å². The van der Waals surface area contributed by atoms with E-state index in [1.165, 1.54) is 18.2 Å². The van der Waals surface area contributed by atoms with E-state index in [1.807, 2.05) is 19.1 Å². The maximum Gasteiger partial charge on any atom is 0.206 e. The van der Waals surface area contributed by atoms with Crippen LogP contribution in [0.15, 0.2) is 81.4 Å². The highest BCUT2D eigenvalue weighted by molar-refractivity contribution is 7.91. The summed E-state index contributed by atoms with van der Waals surface area (Å²) in [6.45, 7) is 6.53. The quantitative estimate of drug-likeness (QED) is 0.337. The van der Waals surface area contributed by atoms with Crippen LogP contribution in [0.4, 0.5) is 0 Å². The van der Waals surface area contributed by atoms with Crippen molar-refractivity contribution in [2.45, 2.75) is 54.2 Å². The predicted molar refractivity (Wildman–Crippen MR) is 132 cm³/mol. The smallest absolute Gasteiger partial charge is 0.206 e. The first kappa shape index (κ1) is 25.8. The van der Waals surface area contributed by atoms with Crippen LogP contribution in [0.5, 0.6) is 17.2 Å². The molecule has 6 nitrogen and oxygen atoms in total. The SMILES string of the molecule is CCCOc1ccc(Oc2ccc(S(=O)(=O)c3ccc(C(C)CC)cc3)cc2)cc1S(C)(=O)=O. The van der Waals surface area contributed by atoms with Gasteiger partial charge in [0.05, 0.1) is 16.4 Å². The molecule has 3 rings (SSSR count). The number of benzene rings is 3. The third-order valence-electron chi connectivity index (χ3n) is 5.52. The van der Waals surface area contributed by atoms with Crippen molar-refractivity contribution >= 4 is 19.7 Å². The van der Waals surface area contributed by atoms with Gasteiger partial charge in [0.25, 0.3) is 0 Å². The van der Waals surface area contributed by atoms with E-state index >= 15 is 0 Å². The van der Waals surface area contributed by atoms with Gasteiger partial charge in [-0.15, -0.1) is 0 Å². The molecule has 0 aliphatic carbocycles. The van der Waals surface area contributed by atoms with E-state index in [1.54, 1.807) is 36.4 Å². The van der Waals surface area contributed by atoms with Crippen LogP contribution in [-0.4, -0.2) is 29.7 Å². The van der Waals surface area contributed by atoms with Crippen LogP contribution in [0, 0.1) is 0 Å². The van der Waals surface area contributed by atoms with Gasteiger partial charge in [-0.25, -0.2) is 16.8 Å². The van der Waals surface area contributed by atoms with E-state index in [4.69, 9.17) is 9.47 Å². The first-order valence-electron chi connectivity index (χ1n) is 11.2. The van der Waals surface area contributed by atoms with Crippen LogP contribution in [0.3, 0.4) is 0 Å². The summed E-state index contributed by atoms with van der Waals surface area (Å²) in [4.78, 5) is 0.420. The van der Waals surface area contributed by atoms with Crippen LogP contribution >= 0.6 is 0 Å². The van der Waals surface area contributed by atoms with Gasteiger partial charge in [-0.3, -0.25) is 0 Å². The van der Waals surface area contributed by atoms with E-state index in [0.29, 0.717) is 24.0 Å². The molecule has 34 heavy (non-hydrogen) atoms. The van der Waals surface area contributed by atoms with Crippen molar-refractivity contribution in [2.75, 3.05) is 12.9 Å². The topological polar surface area (TPSA) is 86.7 Å². The van der Waals surface area contributed by atoms with Crippen LogP contribution in [-0.2, 0) is 19.7 Å². The van der Waals surface area contributed by atoms with E-state index in [0.717, 1.165) is 24.7 Å². The third kappa shape index (κ3) is 5.98. The molecular weight excluding hydrogens is 472 g/mol. The van der Waals surface area contributed by atoms with Gasteiger partial charge in [-0.05, 0) is 72.9 Å². The molecule has 0 spiro atoms. The van der Waals surface area contributed by atoms with Gasteiger partial charge in [0, 0.05) is 12.3 Å². The summed E-state index contributed by atoms with van der Waals surface area (Å²) < 4.78 is 61.7. The molecule has 1 atom stereocenters. The van der Waals surface area contributed by atoms with Crippen LogP contribution < -0.4 is 9.47 Å². The summed E-state index contributed by atoms with van der Waals surface area (Å²) in [6.07, 6.45) is 2.84. The van der Waals surface area contributed by atoms with Crippen molar-refractivity contribution in [3.8, 4) is 17.2 Å². The van der Waals surface area contributed by atoms with Gasteiger partial charge in [0.15, 0.2) is 9.84 Å². The van der Waals surface area contributed by atoms with E-state index in [-0.39, 0.29) is 20.4 Å². The highest BCUT2D eigenvalue weighted by atomic mass is 32.2. The summed E-state index contributed by atoms with van der Waals surface area (Å²) >= 11 is 0. The Morgan fingerprint density at radius 3 is 1.88 bits per heavy atom. The zero-order valence-electron chi connectivity index (χ0n) is 19.8. The van der Waals surface area contributed by atoms with Crippen molar-refractivity contribution in [1.29, 1.82) is 0 Å². The van der Waals surface area contributed by atoms with Gasteiger partial charge >= 0.3 is 0 Å². The highest BCUT2D eigenvalue weighted by Gasteiger charge is 2.19. The molecular formula is C26H30O6S2. The first-order chi connectivity index (χ1) is 16.1. The lowest BCUT2D eigenvalue weighted by Gasteiger charge is -2.13.